The highest BCUT2D eigenvalue weighted by atomic mass is 79.9. The maximum atomic E-state index is 12.4. The Morgan fingerprint density at radius 3 is 2.50 bits per heavy atom. The van der Waals surface area contributed by atoms with Crippen molar-refractivity contribution in [3.63, 3.8) is 0 Å². The minimum Gasteiger partial charge on any atom is -0.484 e. The predicted molar refractivity (Wildman–Crippen MR) is 102 cm³/mol. The summed E-state index contributed by atoms with van der Waals surface area (Å²) in [5, 5.41) is 4.10. The average molecular weight is 415 g/mol. The van der Waals surface area contributed by atoms with Crippen LogP contribution in [0.15, 0.2) is 65.7 Å². The number of amides is 1. The van der Waals surface area contributed by atoms with E-state index in [1.807, 2.05) is 55.5 Å². The molecule has 0 saturated heterocycles. The molecule has 0 fully saturated rings. The second-order valence-electron chi connectivity index (χ2n) is 5.85. The number of likely N-dealkylation sites (N-methyl/N-ethyl adjacent to an activating group) is 1. The van der Waals surface area contributed by atoms with Gasteiger partial charge in [0.2, 0.25) is 0 Å². The van der Waals surface area contributed by atoms with Crippen LogP contribution in [-0.4, -0.2) is 39.2 Å². The highest BCUT2D eigenvalue weighted by Gasteiger charge is 2.18. The van der Waals surface area contributed by atoms with Gasteiger partial charge in [-0.25, -0.2) is 9.67 Å². The van der Waals surface area contributed by atoms with Crippen LogP contribution in [0, 0.1) is 0 Å². The Morgan fingerprint density at radius 2 is 1.88 bits per heavy atom. The first-order valence-electron chi connectivity index (χ1n) is 8.13. The Morgan fingerprint density at radius 1 is 1.19 bits per heavy atom. The van der Waals surface area contributed by atoms with E-state index in [0.717, 1.165) is 15.7 Å². The molecule has 0 aliphatic rings. The zero-order valence-corrected chi connectivity index (χ0v) is 16.1. The number of aromatic nitrogens is 3. The van der Waals surface area contributed by atoms with Gasteiger partial charge in [0.15, 0.2) is 6.61 Å². The zero-order valence-electron chi connectivity index (χ0n) is 14.5. The van der Waals surface area contributed by atoms with E-state index in [2.05, 4.69) is 26.0 Å². The van der Waals surface area contributed by atoms with Crippen molar-refractivity contribution in [1.29, 1.82) is 0 Å². The molecule has 0 radical (unpaired) electrons. The van der Waals surface area contributed by atoms with Crippen LogP contribution in [0.3, 0.4) is 0 Å². The van der Waals surface area contributed by atoms with Gasteiger partial charge in [0.25, 0.3) is 5.91 Å². The SMILES string of the molecule is C[C@@H](c1ccc(-n2cncn2)cc1)N(C)C(=O)COc1ccc(Br)cc1. The topological polar surface area (TPSA) is 60.2 Å². The molecule has 7 heteroatoms. The summed E-state index contributed by atoms with van der Waals surface area (Å²) in [6.07, 6.45) is 3.14. The third-order valence-corrected chi connectivity index (χ3v) is 4.74. The third kappa shape index (κ3) is 4.29. The van der Waals surface area contributed by atoms with Crippen molar-refractivity contribution in [2.75, 3.05) is 13.7 Å². The fourth-order valence-corrected chi connectivity index (χ4v) is 2.73. The van der Waals surface area contributed by atoms with E-state index in [0.29, 0.717) is 5.75 Å². The van der Waals surface area contributed by atoms with Gasteiger partial charge in [-0.2, -0.15) is 5.10 Å². The number of rotatable bonds is 6. The van der Waals surface area contributed by atoms with Crippen molar-refractivity contribution in [2.24, 2.45) is 0 Å². The van der Waals surface area contributed by atoms with Gasteiger partial charge in [-0.15, -0.1) is 0 Å². The van der Waals surface area contributed by atoms with Gasteiger partial charge in [0.05, 0.1) is 11.7 Å². The summed E-state index contributed by atoms with van der Waals surface area (Å²) in [5.74, 6) is 0.584. The zero-order chi connectivity index (χ0) is 18.5. The quantitative estimate of drug-likeness (QED) is 0.617. The molecule has 1 atom stereocenters. The highest BCUT2D eigenvalue weighted by molar-refractivity contribution is 9.10. The summed E-state index contributed by atoms with van der Waals surface area (Å²) < 4.78 is 8.23. The summed E-state index contributed by atoms with van der Waals surface area (Å²) in [6, 6.07) is 15.2. The van der Waals surface area contributed by atoms with Crippen molar-refractivity contribution in [3.8, 4) is 11.4 Å². The molecule has 0 bridgehead atoms. The summed E-state index contributed by atoms with van der Waals surface area (Å²) in [4.78, 5) is 18.0. The molecule has 1 amide bonds. The summed E-state index contributed by atoms with van der Waals surface area (Å²) in [7, 11) is 1.78. The lowest BCUT2D eigenvalue weighted by atomic mass is 10.1. The molecule has 2 aromatic carbocycles. The molecule has 0 spiro atoms. The molecule has 0 saturated carbocycles. The van der Waals surface area contributed by atoms with E-state index in [-0.39, 0.29) is 18.6 Å². The summed E-state index contributed by atoms with van der Waals surface area (Å²) in [6.45, 7) is 1.99. The van der Waals surface area contributed by atoms with Crippen molar-refractivity contribution in [3.05, 3.63) is 71.2 Å². The Kier molecular flexibility index (Phi) is 5.68. The maximum Gasteiger partial charge on any atom is 0.260 e. The number of hydrogen-bond acceptors (Lipinski definition) is 4. The van der Waals surface area contributed by atoms with Crippen LogP contribution in [-0.2, 0) is 4.79 Å². The van der Waals surface area contributed by atoms with E-state index < -0.39 is 0 Å². The number of halogens is 1. The Bertz CT molecular complexity index is 848. The Hall–Kier alpha value is -2.67. The molecule has 26 heavy (non-hydrogen) atoms. The van der Waals surface area contributed by atoms with E-state index in [1.54, 1.807) is 23.0 Å². The molecule has 3 rings (SSSR count). The molecule has 0 aliphatic carbocycles. The molecule has 0 aliphatic heterocycles. The van der Waals surface area contributed by atoms with Gasteiger partial charge in [-0.3, -0.25) is 4.79 Å². The average Bonchev–Trinajstić information content (AvgIpc) is 3.21. The summed E-state index contributed by atoms with van der Waals surface area (Å²) >= 11 is 3.37. The lowest BCUT2D eigenvalue weighted by Crippen LogP contribution is -2.33. The normalized spacial score (nSPS) is 11.8. The number of carbonyl (C=O) groups excluding carboxylic acids is 1. The van der Waals surface area contributed by atoms with Crippen LogP contribution in [0.5, 0.6) is 5.75 Å². The lowest BCUT2D eigenvalue weighted by Gasteiger charge is -2.25. The van der Waals surface area contributed by atoms with Crippen LogP contribution < -0.4 is 4.74 Å². The van der Waals surface area contributed by atoms with Crippen molar-refractivity contribution in [1.82, 2.24) is 19.7 Å². The van der Waals surface area contributed by atoms with Gasteiger partial charge < -0.3 is 9.64 Å². The Balaban J connectivity index is 1.60. The number of hydrogen-bond donors (Lipinski definition) is 0. The second-order valence-corrected chi connectivity index (χ2v) is 6.77. The van der Waals surface area contributed by atoms with Crippen LogP contribution in [0.25, 0.3) is 5.69 Å². The van der Waals surface area contributed by atoms with Gasteiger partial charge in [-0.05, 0) is 48.9 Å². The molecular weight excluding hydrogens is 396 g/mol. The first-order valence-corrected chi connectivity index (χ1v) is 8.93. The van der Waals surface area contributed by atoms with Gasteiger partial charge in [0.1, 0.15) is 18.4 Å². The lowest BCUT2D eigenvalue weighted by molar-refractivity contribution is -0.134. The fraction of sp³-hybridized carbons (Fsp3) is 0.211. The number of benzene rings is 2. The molecule has 6 nitrogen and oxygen atoms in total. The molecule has 134 valence electrons. The molecule has 0 unspecified atom stereocenters. The minimum atomic E-state index is -0.0826. The monoisotopic (exact) mass is 414 g/mol. The molecule has 1 heterocycles. The predicted octanol–water partition coefficient (Wildman–Crippen LogP) is 3.63. The van der Waals surface area contributed by atoms with Gasteiger partial charge in [-0.1, -0.05) is 28.1 Å². The van der Waals surface area contributed by atoms with Crippen molar-refractivity contribution in [2.45, 2.75) is 13.0 Å². The van der Waals surface area contributed by atoms with Gasteiger partial charge in [0, 0.05) is 11.5 Å². The van der Waals surface area contributed by atoms with Crippen molar-refractivity contribution >= 4 is 21.8 Å². The number of nitrogens with zero attached hydrogens (tertiary/aromatic N) is 4. The minimum absolute atomic E-state index is 0.000484. The summed E-state index contributed by atoms with van der Waals surface area (Å²) in [5.41, 5.74) is 1.96. The van der Waals surface area contributed by atoms with E-state index in [1.165, 1.54) is 6.33 Å². The van der Waals surface area contributed by atoms with Crippen LogP contribution in [0.2, 0.25) is 0 Å². The highest BCUT2D eigenvalue weighted by Crippen LogP contribution is 2.21. The van der Waals surface area contributed by atoms with E-state index >= 15 is 0 Å². The van der Waals surface area contributed by atoms with E-state index in [9.17, 15) is 4.79 Å². The molecule has 1 aromatic heterocycles. The van der Waals surface area contributed by atoms with Crippen LogP contribution in [0.1, 0.15) is 18.5 Å². The van der Waals surface area contributed by atoms with Gasteiger partial charge >= 0.3 is 0 Å². The fourth-order valence-electron chi connectivity index (χ4n) is 2.46. The Labute approximate surface area is 160 Å². The number of carbonyl (C=O) groups is 1. The molecule has 3 aromatic rings. The number of ether oxygens (including phenoxy) is 1. The molecular formula is C19H19BrN4O2. The van der Waals surface area contributed by atoms with Crippen molar-refractivity contribution < 1.29 is 9.53 Å². The molecule has 0 N–H and O–H groups in total. The first kappa shape index (κ1) is 18.1. The smallest absolute Gasteiger partial charge is 0.260 e. The first-order chi connectivity index (χ1) is 12.5. The van der Waals surface area contributed by atoms with E-state index in [4.69, 9.17) is 4.74 Å². The largest absolute Gasteiger partial charge is 0.484 e. The third-order valence-electron chi connectivity index (χ3n) is 4.21. The second kappa shape index (κ2) is 8.14. The van der Waals surface area contributed by atoms with Crippen LogP contribution >= 0.6 is 15.9 Å². The standard InChI is InChI=1S/C19H19BrN4O2/c1-14(15-3-7-17(8-4-15)24-13-21-12-22-24)23(2)19(25)11-26-18-9-5-16(20)6-10-18/h3-10,12-14H,11H2,1-2H3/t14-/m0/s1. The maximum absolute atomic E-state index is 12.4. The van der Waals surface area contributed by atoms with Crippen LogP contribution in [0.4, 0.5) is 0 Å².